The molecular formula is C17H15ClF3NO4S. The number of esters is 1. The topological polar surface area (TPSA) is 63.7 Å². The quantitative estimate of drug-likeness (QED) is 0.526. The molecule has 146 valence electrons. The number of ether oxygens (including phenoxy) is 1. The maximum Gasteiger partial charge on any atom is 0.417 e. The molecule has 0 amide bonds. The Hall–Kier alpha value is -2.26. The molecule has 0 aliphatic rings. The number of halogens is 4. The minimum atomic E-state index is -4.79. The molecule has 2 aromatic rings. The van der Waals surface area contributed by atoms with Gasteiger partial charge in [0.15, 0.2) is 0 Å². The number of benzene rings is 2. The van der Waals surface area contributed by atoms with Crippen LogP contribution in [0.1, 0.15) is 18.9 Å². The van der Waals surface area contributed by atoms with Crippen molar-refractivity contribution in [3.05, 3.63) is 53.1 Å². The van der Waals surface area contributed by atoms with E-state index in [1.54, 1.807) is 6.92 Å². The first-order valence-electron chi connectivity index (χ1n) is 7.63. The molecule has 0 bridgehead atoms. The van der Waals surface area contributed by atoms with Crippen molar-refractivity contribution in [1.82, 2.24) is 0 Å². The smallest absolute Gasteiger partial charge is 0.417 e. The van der Waals surface area contributed by atoms with Crippen LogP contribution < -0.4 is 9.04 Å². The molecule has 27 heavy (non-hydrogen) atoms. The van der Waals surface area contributed by atoms with Crippen LogP contribution in [0.4, 0.5) is 18.9 Å². The summed E-state index contributed by atoms with van der Waals surface area (Å²) in [5, 5.41) is -0.591. The molecule has 5 nitrogen and oxygen atoms in total. The van der Waals surface area contributed by atoms with Crippen molar-refractivity contribution >= 4 is 33.3 Å². The second kappa shape index (κ2) is 7.77. The highest BCUT2D eigenvalue weighted by molar-refractivity contribution is 7.92. The summed E-state index contributed by atoms with van der Waals surface area (Å²) in [5.41, 5.74) is -1.06. The van der Waals surface area contributed by atoms with Crippen LogP contribution in [0.15, 0.2) is 47.4 Å². The third-order valence-corrected chi connectivity index (χ3v) is 5.73. The van der Waals surface area contributed by atoms with Crippen LogP contribution in [-0.2, 0) is 21.0 Å². The van der Waals surface area contributed by atoms with Gasteiger partial charge < -0.3 is 4.74 Å². The molecule has 0 saturated carbocycles. The summed E-state index contributed by atoms with van der Waals surface area (Å²) in [6.07, 6.45) is -4.61. The van der Waals surface area contributed by atoms with E-state index in [0.717, 1.165) is 16.4 Å². The van der Waals surface area contributed by atoms with Crippen LogP contribution in [0.5, 0.6) is 5.75 Å². The maximum atomic E-state index is 13.0. The molecule has 0 saturated heterocycles. The average molecular weight is 422 g/mol. The Morgan fingerprint density at radius 1 is 1.15 bits per heavy atom. The van der Waals surface area contributed by atoms with Gasteiger partial charge in [-0.1, -0.05) is 18.5 Å². The van der Waals surface area contributed by atoms with Gasteiger partial charge in [0, 0.05) is 13.5 Å². The van der Waals surface area contributed by atoms with Crippen LogP contribution in [-0.4, -0.2) is 21.4 Å². The van der Waals surface area contributed by atoms with Crippen molar-refractivity contribution < 1.29 is 31.1 Å². The molecule has 0 aliphatic carbocycles. The molecule has 0 aliphatic heterocycles. The van der Waals surface area contributed by atoms with Crippen LogP contribution >= 0.6 is 11.6 Å². The molecular weight excluding hydrogens is 407 g/mol. The zero-order chi connectivity index (χ0) is 20.4. The van der Waals surface area contributed by atoms with Crippen LogP contribution in [0, 0.1) is 0 Å². The number of carbonyl (C=O) groups is 1. The Balaban J connectivity index is 2.35. The van der Waals surface area contributed by atoms with E-state index in [1.807, 2.05) is 0 Å². The minimum absolute atomic E-state index is 0.175. The van der Waals surface area contributed by atoms with Gasteiger partial charge in [0.05, 0.1) is 21.2 Å². The standard InChI is InChI=1S/C17H15ClF3NO4S/c1-3-16(23)26-12-6-4-11(5-7-12)22(2)27(24,25)13-8-9-15(18)14(10-13)17(19,20)21/h4-10H,3H2,1-2H3. The van der Waals surface area contributed by atoms with Gasteiger partial charge in [0.25, 0.3) is 10.0 Å². The molecule has 0 heterocycles. The van der Waals surface area contributed by atoms with Gasteiger partial charge in [-0.2, -0.15) is 13.2 Å². The number of alkyl halides is 3. The SMILES string of the molecule is CCC(=O)Oc1ccc(N(C)S(=O)(=O)c2ccc(Cl)c(C(F)(F)F)c2)cc1. The van der Waals surface area contributed by atoms with Gasteiger partial charge in [-0.3, -0.25) is 9.10 Å². The largest absolute Gasteiger partial charge is 0.427 e. The van der Waals surface area contributed by atoms with Crippen LogP contribution in [0.3, 0.4) is 0 Å². The van der Waals surface area contributed by atoms with Crippen molar-refractivity contribution in [1.29, 1.82) is 0 Å². The lowest BCUT2D eigenvalue weighted by Crippen LogP contribution is -2.27. The fraction of sp³-hybridized carbons (Fsp3) is 0.235. The van der Waals surface area contributed by atoms with Gasteiger partial charge in [0.1, 0.15) is 5.75 Å². The third-order valence-electron chi connectivity index (χ3n) is 3.62. The Bertz CT molecular complexity index is 944. The Morgan fingerprint density at radius 3 is 2.26 bits per heavy atom. The van der Waals surface area contributed by atoms with Gasteiger partial charge in [-0.05, 0) is 42.5 Å². The molecule has 2 aromatic carbocycles. The van der Waals surface area contributed by atoms with E-state index < -0.39 is 37.7 Å². The lowest BCUT2D eigenvalue weighted by molar-refractivity contribution is -0.137. The van der Waals surface area contributed by atoms with Gasteiger partial charge in [-0.15, -0.1) is 0 Å². The summed E-state index contributed by atoms with van der Waals surface area (Å²) in [6.45, 7) is 1.62. The fourth-order valence-corrected chi connectivity index (χ4v) is 3.55. The summed E-state index contributed by atoms with van der Waals surface area (Å²) >= 11 is 5.53. The van der Waals surface area contributed by atoms with Crippen LogP contribution in [0.2, 0.25) is 5.02 Å². The van der Waals surface area contributed by atoms with E-state index in [0.29, 0.717) is 6.07 Å². The number of hydrogen-bond acceptors (Lipinski definition) is 4. The van der Waals surface area contributed by atoms with Crippen molar-refractivity contribution in [3.63, 3.8) is 0 Å². The Kier molecular flexibility index (Phi) is 6.06. The summed E-state index contributed by atoms with van der Waals surface area (Å²) in [7, 11) is -3.07. The second-order valence-corrected chi connectivity index (χ2v) is 7.81. The summed E-state index contributed by atoms with van der Waals surface area (Å²) < 4.78 is 70.1. The molecule has 0 aromatic heterocycles. The highest BCUT2D eigenvalue weighted by Gasteiger charge is 2.35. The highest BCUT2D eigenvalue weighted by atomic mass is 35.5. The highest BCUT2D eigenvalue weighted by Crippen LogP contribution is 2.36. The first kappa shape index (κ1) is 21.0. The monoisotopic (exact) mass is 421 g/mol. The lowest BCUT2D eigenvalue weighted by atomic mass is 10.2. The van der Waals surface area contributed by atoms with Gasteiger partial charge in [0.2, 0.25) is 0 Å². The predicted molar refractivity (Wildman–Crippen MR) is 94.4 cm³/mol. The van der Waals surface area contributed by atoms with Crippen molar-refractivity contribution in [2.24, 2.45) is 0 Å². The number of hydrogen-bond donors (Lipinski definition) is 0. The van der Waals surface area contributed by atoms with E-state index in [9.17, 15) is 26.4 Å². The summed E-state index contributed by atoms with van der Waals surface area (Å²) in [4.78, 5) is 10.7. The van der Waals surface area contributed by atoms with E-state index in [4.69, 9.17) is 16.3 Å². The van der Waals surface area contributed by atoms with Crippen molar-refractivity contribution in [3.8, 4) is 5.75 Å². The number of anilines is 1. The van der Waals surface area contributed by atoms with Crippen molar-refractivity contribution in [2.45, 2.75) is 24.4 Å². The van der Waals surface area contributed by atoms with Crippen LogP contribution in [0.25, 0.3) is 0 Å². The molecule has 0 unspecified atom stereocenters. The molecule has 2 rings (SSSR count). The molecule has 0 spiro atoms. The normalized spacial score (nSPS) is 11.9. The number of carbonyl (C=O) groups excluding carboxylic acids is 1. The molecule has 0 radical (unpaired) electrons. The molecule has 10 heteroatoms. The first-order chi connectivity index (χ1) is 12.5. The number of rotatable bonds is 5. The van der Waals surface area contributed by atoms with E-state index in [1.165, 1.54) is 31.3 Å². The fourth-order valence-electron chi connectivity index (χ4n) is 2.11. The number of nitrogens with zero attached hydrogens (tertiary/aromatic N) is 1. The zero-order valence-electron chi connectivity index (χ0n) is 14.2. The second-order valence-electron chi connectivity index (χ2n) is 5.43. The summed E-state index contributed by atoms with van der Waals surface area (Å²) in [5.74, 6) is -0.230. The third kappa shape index (κ3) is 4.72. The Morgan fingerprint density at radius 2 is 1.74 bits per heavy atom. The minimum Gasteiger partial charge on any atom is -0.427 e. The van der Waals surface area contributed by atoms with Crippen molar-refractivity contribution in [2.75, 3.05) is 11.4 Å². The first-order valence-corrected chi connectivity index (χ1v) is 9.45. The predicted octanol–water partition coefficient (Wildman–Crippen LogP) is 4.50. The van der Waals surface area contributed by atoms with E-state index in [-0.39, 0.29) is 17.9 Å². The Labute approximate surface area is 159 Å². The lowest BCUT2D eigenvalue weighted by Gasteiger charge is -2.20. The maximum absolute atomic E-state index is 13.0. The van der Waals surface area contributed by atoms with Gasteiger partial charge >= 0.3 is 12.1 Å². The average Bonchev–Trinajstić information content (AvgIpc) is 2.60. The number of sulfonamides is 1. The summed E-state index contributed by atoms with van der Waals surface area (Å²) in [6, 6.07) is 7.90. The van der Waals surface area contributed by atoms with E-state index in [2.05, 4.69) is 0 Å². The van der Waals surface area contributed by atoms with Gasteiger partial charge in [-0.25, -0.2) is 8.42 Å². The van der Waals surface area contributed by atoms with E-state index >= 15 is 0 Å². The molecule has 0 atom stereocenters. The molecule has 0 fully saturated rings. The zero-order valence-corrected chi connectivity index (χ0v) is 15.8. The molecule has 0 N–H and O–H groups in total.